The zero-order valence-electron chi connectivity index (χ0n) is 10.8. The lowest BCUT2D eigenvalue weighted by molar-refractivity contribution is 0.102. The number of nitrogens with zero attached hydrogens (tertiary/aromatic N) is 1. The second-order valence-electron chi connectivity index (χ2n) is 4.30. The molecule has 1 amide bonds. The molecule has 0 spiro atoms. The highest BCUT2D eigenvalue weighted by atomic mass is 32.1. The van der Waals surface area contributed by atoms with E-state index in [-0.39, 0.29) is 5.91 Å². The zero-order chi connectivity index (χ0) is 13.9. The van der Waals surface area contributed by atoms with Crippen LogP contribution in [0.3, 0.4) is 0 Å². The van der Waals surface area contributed by atoms with E-state index in [0.29, 0.717) is 5.56 Å². The van der Waals surface area contributed by atoms with Crippen molar-refractivity contribution < 1.29 is 4.79 Å². The molecule has 3 rings (SSSR count). The van der Waals surface area contributed by atoms with Crippen LogP contribution in [-0.4, -0.2) is 10.9 Å². The summed E-state index contributed by atoms with van der Waals surface area (Å²) in [4.78, 5) is 16.4. The highest BCUT2D eigenvalue weighted by Crippen LogP contribution is 2.23. The van der Waals surface area contributed by atoms with Gasteiger partial charge in [-0.25, -0.2) is 4.98 Å². The van der Waals surface area contributed by atoms with Crippen LogP contribution in [0.4, 0.5) is 5.69 Å². The molecule has 100 valence electrons. The molecule has 0 saturated heterocycles. The van der Waals surface area contributed by atoms with E-state index in [2.05, 4.69) is 10.3 Å². The topological polar surface area (TPSA) is 42.0 Å². The van der Waals surface area contributed by atoms with Crippen molar-refractivity contribution in [3.8, 4) is 11.3 Å². The number of aryl methyl sites for hydroxylation is 1. The van der Waals surface area contributed by atoms with E-state index in [1.54, 1.807) is 11.3 Å². The number of aromatic nitrogens is 1. The van der Waals surface area contributed by atoms with Gasteiger partial charge in [-0.15, -0.1) is 11.3 Å². The number of hydrogen-bond acceptors (Lipinski definition) is 4. The van der Waals surface area contributed by atoms with Gasteiger partial charge >= 0.3 is 0 Å². The second kappa shape index (κ2) is 5.56. The lowest BCUT2D eigenvalue weighted by Crippen LogP contribution is -2.10. The number of anilines is 1. The maximum absolute atomic E-state index is 11.9. The van der Waals surface area contributed by atoms with Gasteiger partial charge in [0.1, 0.15) is 0 Å². The van der Waals surface area contributed by atoms with E-state index in [9.17, 15) is 4.79 Å². The van der Waals surface area contributed by atoms with Gasteiger partial charge < -0.3 is 5.32 Å². The molecular weight excluding hydrogens is 288 g/mol. The Kier molecular flexibility index (Phi) is 3.62. The quantitative estimate of drug-likeness (QED) is 0.777. The van der Waals surface area contributed by atoms with Gasteiger partial charge in [-0.2, -0.15) is 11.3 Å². The first kappa shape index (κ1) is 13.0. The maximum Gasteiger partial charge on any atom is 0.256 e. The van der Waals surface area contributed by atoms with Crippen molar-refractivity contribution in [2.75, 3.05) is 5.32 Å². The van der Waals surface area contributed by atoms with Crippen LogP contribution in [-0.2, 0) is 0 Å². The summed E-state index contributed by atoms with van der Waals surface area (Å²) in [6, 6.07) is 9.55. The zero-order valence-corrected chi connectivity index (χ0v) is 12.4. The highest BCUT2D eigenvalue weighted by Gasteiger charge is 2.07. The largest absolute Gasteiger partial charge is 0.322 e. The number of amides is 1. The normalized spacial score (nSPS) is 10.4. The molecule has 0 aliphatic rings. The fourth-order valence-corrected chi connectivity index (χ4v) is 3.08. The Bertz CT molecular complexity index is 715. The lowest BCUT2D eigenvalue weighted by atomic mass is 10.1. The minimum atomic E-state index is -0.0801. The van der Waals surface area contributed by atoms with Crippen molar-refractivity contribution in [2.45, 2.75) is 6.92 Å². The van der Waals surface area contributed by atoms with Crippen molar-refractivity contribution in [3.05, 3.63) is 57.0 Å². The number of hydrogen-bond donors (Lipinski definition) is 1. The lowest BCUT2D eigenvalue weighted by Gasteiger charge is -2.04. The number of thiazole rings is 1. The predicted octanol–water partition coefficient (Wildman–Crippen LogP) is 4.43. The SMILES string of the molecule is Cc1nc(-c2ccc(NC(=O)c3ccsc3)cc2)cs1. The van der Waals surface area contributed by atoms with E-state index >= 15 is 0 Å². The third-order valence-corrected chi connectivity index (χ3v) is 4.30. The van der Waals surface area contributed by atoms with Gasteiger partial charge in [-0.1, -0.05) is 12.1 Å². The van der Waals surface area contributed by atoms with Crippen LogP contribution in [0, 0.1) is 6.92 Å². The highest BCUT2D eigenvalue weighted by molar-refractivity contribution is 7.09. The average Bonchev–Trinajstić information content (AvgIpc) is 3.10. The molecule has 0 aliphatic heterocycles. The van der Waals surface area contributed by atoms with Crippen LogP contribution < -0.4 is 5.32 Å². The van der Waals surface area contributed by atoms with E-state index in [4.69, 9.17) is 0 Å². The van der Waals surface area contributed by atoms with Crippen LogP contribution in [0.1, 0.15) is 15.4 Å². The van der Waals surface area contributed by atoms with Crippen molar-refractivity contribution in [1.82, 2.24) is 4.98 Å². The number of thiophene rings is 1. The third kappa shape index (κ3) is 2.79. The molecule has 0 radical (unpaired) electrons. The molecule has 0 saturated carbocycles. The summed E-state index contributed by atoms with van der Waals surface area (Å²) in [7, 11) is 0. The van der Waals surface area contributed by atoms with Crippen molar-refractivity contribution in [1.29, 1.82) is 0 Å². The summed E-state index contributed by atoms with van der Waals surface area (Å²) >= 11 is 3.15. The van der Waals surface area contributed by atoms with Crippen molar-refractivity contribution in [3.63, 3.8) is 0 Å². The van der Waals surface area contributed by atoms with Gasteiger partial charge in [0.2, 0.25) is 0 Å². The summed E-state index contributed by atoms with van der Waals surface area (Å²) in [5.74, 6) is -0.0801. The summed E-state index contributed by atoms with van der Waals surface area (Å²) < 4.78 is 0. The van der Waals surface area contributed by atoms with Crippen LogP contribution in [0.15, 0.2) is 46.5 Å². The summed E-state index contributed by atoms with van der Waals surface area (Å²) in [6.45, 7) is 1.99. The average molecular weight is 300 g/mol. The molecule has 5 heteroatoms. The third-order valence-electron chi connectivity index (χ3n) is 2.84. The second-order valence-corrected chi connectivity index (χ2v) is 6.14. The Labute approximate surface area is 124 Å². The molecule has 20 heavy (non-hydrogen) atoms. The Morgan fingerprint density at radius 2 is 1.95 bits per heavy atom. The summed E-state index contributed by atoms with van der Waals surface area (Å²) in [5.41, 5.74) is 3.51. The molecule has 3 nitrogen and oxygen atoms in total. The number of carbonyl (C=O) groups excluding carboxylic acids is 1. The molecule has 3 aromatic rings. The van der Waals surface area contributed by atoms with E-state index in [1.807, 2.05) is 53.4 Å². The Morgan fingerprint density at radius 1 is 1.15 bits per heavy atom. The monoisotopic (exact) mass is 300 g/mol. The maximum atomic E-state index is 11.9. The van der Waals surface area contributed by atoms with Crippen molar-refractivity contribution in [2.24, 2.45) is 0 Å². The molecule has 1 aromatic carbocycles. The summed E-state index contributed by atoms with van der Waals surface area (Å²) in [5, 5.41) is 9.69. The first-order chi connectivity index (χ1) is 9.72. The number of rotatable bonds is 3. The minimum absolute atomic E-state index is 0.0801. The molecule has 2 aromatic heterocycles. The van der Waals surface area contributed by atoms with E-state index in [0.717, 1.165) is 22.0 Å². The minimum Gasteiger partial charge on any atom is -0.322 e. The standard InChI is InChI=1S/C15H12N2OS2/c1-10-16-14(9-20-10)11-2-4-13(5-3-11)17-15(18)12-6-7-19-8-12/h2-9H,1H3,(H,17,18). The van der Waals surface area contributed by atoms with Crippen molar-refractivity contribution >= 4 is 34.3 Å². The van der Waals surface area contributed by atoms with E-state index in [1.165, 1.54) is 11.3 Å². The molecular formula is C15H12N2OS2. The fraction of sp³-hybridized carbons (Fsp3) is 0.0667. The van der Waals surface area contributed by atoms with Gasteiger partial charge in [0.15, 0.2) is 0 Å². The number of nitrogens with one attached hydrogen (secondary N) is 1. The summed E-state index contributed by atoms with van der Waals surface area (Å²) in [6.07, 6.45) is 0. The van der Waals surface area contributed by atoms with Gasteiger partial charge in [-0.3, -0.25) is 4.79 Å². The van der Waals surface area contributed by atoms with Gasteiger partial charge in [0, 0.05) is 22.0 Å². The fourth-order valence-electron chi connectivity index (χ4n) is 1.82. The smallest absolute Gasteiger partial charge is 0.256 e. The molecule has 0 unspecified atom stereocenters. The van der Waals surface area contributed by atoms with E-state index < -0.39 is 0 Å². The molecule has 0 fully saturated rings. The first-order valence-corrected chi connectivity index (χ1v) is 7.91. The molecule has 0 atom stereocenters. The van der Waals surface area contributed by atoms with Gasteiger partial charge in [-0.05, 0) is 30.5 Å². The molecule has 0 aliphatic carbocycles. The Hall–Kier alpha value is -1.98. The Morgan fingerprint density at radius 3 is 2.55 bits per heavy atom. The van der Waals surface area contributed by atoms with Gasteiger partial charge in [0.25, 0.3) is 5.91 Å². The van der Waals surface area contributed by atoms with Crippen LogP contribution in [0.25, 0.3) is 11.3 Å². The van der Waals surface area contributed by atoms with Crippen LogP contribution in [0.2, 0.25) is 0 Å². The predicted molar refractivity (Wildman–Crippen MR) is 84.6 cm³/mol. The molecule has 0 bridgehead atoms. The van der Waals surface area contributed by atoms with Gasteiger partial charge in [0.05, 0.1) is 16.3 Å². The first-order valence-electron chi connectivity index (χ1n) is 6.08. The number of benzene rings is 1. The van der Waals surface area contributed by atoms with Crippen LogP contribution >= 0.6 is 22.7 Å². The molecule has 2 heterocycles. The Balaban J connectivity index is 1.75. The number of carbonyl (C=O) groups is 1. The molecule has 1 N–H and O–H groups in total. The van der Waals surface area contributed by atoms with Crippen LogP contribution in [0.5, 0.6) is 0 Å².